The van der Waals surface area contributed by atoms with Crippen LogP contribution in [0.15, 0.2) is 173 Å². The Morgan fingerprint density at radius 3 is 2.28 bits per heavy atom. The topological polar surface area (TPSA) is 88.1 Å². The van der Waals surface area contributed by atoms with Crippen molar-refractivity contribution >= 4 is 67.4 Å². The van der Waals surface area contributed by atoms with E-state index in [-0.39, 0.29) is 28.4 Å². The molecule has 9 heteroatoms. The molecule has 0 aromatic heterocycles. The first-order valence-corrected chi connectivity index (χ1v) is 18.7. The van der Waals surface area contributed by atoms with Crippen molar-refractivity contribution in [1.29, 1.82) is 0 Å². The fraction of sp³-hybridized carbons (Fsp3) is 0.0909. The molecule has 0 bridgehead atoms. The van der Waals surface area contributed by atoms with E-state index in [1.54, 1.807) is 49.4 Å². The van der Waals surface area contributed by atoms with Gasteiger partial charge in [-0.05, 0) is 80.2 Å². The smallest absolute Gasteiger partial charge is 0.285 e. The van der Waals surface area contributed by atoms with E-state index in [1.807, 2.05) is 84.9 Å². The highest BCUT2D eigenvalue weighted by atomic mass is 79.9. The molecule has 0 saturated carbocycles. The predicted octanol–water partition coefficient (Wildman–Crippen LogP) is 9.57. The molecule has 1 aliphatic rings. The van der Waals surface area contributed by atoms with Gasteiger partial charge >= 0.3 is 0 Å². The fourth-order valence-corrected chi connectivity index (χ4v) is 7.18. The van der Waals surface area contributed by atoms with Crippen LogP contribution in [-0.2, 0) is 21.0 Å². The fourth-order valence-electron chi connectivity index (χ4n) is 5.86. The number of hydrogen-bond acceptors (Lipinski definition) is 5. The molecule has 5 aromatic carbocycles. The van der Waals surface area contributed by atoms with Crippen LogP contribution in [0.5, 0.6) is 5.75 Å². The number of carbonyl (C=O) groups is 3. The van der Waals surface area contributed by atoms with E-state index in [4.69, 9.17) is 4.74 Å². The monoisotopic (exact) mass is 781 g/mol. The molecule has 5 aromatic rings. The van der Waals surface area contributed by atoms with Gasteiger partial charge in [0.2, 0.25) is 5.91 Å². The second kappa shape index (κ2) is 17.6. The number of amides is 3. The van der Waals surface area contributed by atoms with Gasteiger partial charge in [-0.15, -0.1) is 0 Å². The molecular formula is C44H36BrN3O4S. The first-order valence-electron chi connectivity index (χ1n) is 16.9. The molecule has 264 valence electrons. The van der Waals surface area contributed by atoms with Gasteiger partial charge in [-0.1, -0.05) is 146 Å². The van der Waals surface area contributed by atoms with Crippen LogP contribution < -0.4 is 10.1 Å². The van der Waals surface area contributed by atoms with Crippen LogP contribution in [0.1, 0.15) is 35.2 Å². The number of halogens is 1. The molecule has 3 amide bonds. The summed E-state index contributed by atoms with van der Waals surface area (Å²) in [6.07, 6.45) is 8.24. The predicted molar refractivity (Wildman–Crippen MR) is 218 cm³/mol. The Balaban J connectivity index is 1.22. The van der Waals surface area contributed by atoms with Gasteiger partial charge < -0.3 is 10.1 Å². The first kappa shape index (κ1) is 37.0. The summed E-state index contributed by atoms with van der Waals surface area (Å²) >= 11 is 4.62. The third-order valence-electron chi connectivity index (χ3n) is 8.44. The number of carbonyl (C=O) groups excluding carboxylic acids is 3. The molecule has 1 heterocycles. The van der Waals surface area contributed by atoms with Crippen LogP contribution in [0.25, 0.3) is 16.8 Å². The zero-order valence-corrected chi connectivity index (χ0v) is 31.3. The molecule has 7 nitrogen and oxygen atoms in total. The van der Waals surface area contributed by atoms with Crippen molar-refractivity contribution in [2.24, 2.45) is 4.99 Å². The number of nitrogens with one attached hydrogen (secondary N) is 1. The molecule has 0 unspecified atom stereocenters. The number of nitrogens with zero attached hydrogens (tertiary/aromatic N) is 2. The lowest BCUT2D eigenvalue weighted by Gasteiger charge is -2.28. The largest absolute Gasteiger partial charge is 0.488 e. The van der Waals surface area contributed by atoms with Crippen molar-refractivity contribution in [2.45, 2.75) is 19.6 Å². The van der Waals surface area contributed by atoms with Crippen LogP contribution in [0, 0.1) is 0 Å². The molecule has 0 radical (unpaired) electrons. The van der Waals surface area contributed by atoms with Gasteiger partial charge in [0.05, 0.1) is 16.3 Å². The first-order chi connectivity index (χ1) is 25.9. The minimum Gasteiger partial charge on any atom is -0.488 e. The second-order valence-corrected chi connectivity index (χ2v) is 13.7. The molecule has 53 heavy (non-hydrogen) atoms. The highest BCUT2D eigenvalue weighted by Crippen LogP contribution is 2.31. The highest BCUT2D eigenvalue weighted by Gasteiger charge is 2.35. The number of amidine groups is 1. The van der Waals surface area contributed by atoms with Crippen LogP contribution in [0.3, 0.4) is 0 Å². The lowest BCUT2D eigenvalue weighted by molar-refractivity contribution is -0.126. The maximum absolute atomic E-state index is 14.1. The number of rotatable bonds is 12. The van der Waals surface area contributed by atoms with Gasteiger partial charge in [0.15, 0.2) is 5.17 Å². The summed E-state index contributed by atoms with van der Waals surface area (Å²) in [6.45, 7) is 5.89. The summed E-state index contributed by atoms with van der Waals surface area (Å²) < 4.78 is 6.83. The number of hydrogen-bond donors (Lipinski definition) is 1. The van der Waals surface area contributed by atoms with E-state index < -0.39 is 11.8 Å². The van der Waals surface area contributed by atoms with Crippen LogP contribution in [-0.4, -0.2) is 33.5 Å². The Morgan fingerprint density at radius 2 is 1.60 bits per heavy atom. The normalized spacial score (nSPS) is 14.2. The van der Waals surface area contributed by atoms with E-state index in [1.165, 1.54) is 11.0 Å². The van der Waals surface area contributed by atoms with E-state index in [9.17, 15) is 14.4 Å². The van der Waals surface area contributed by atoms with Gasteiger partial charge in [0.25, 0.3) is 11.8 Å². The SMILES string of the molecule is C=C/C=C\C(=C/C)N1C(=O)/C(=C/c2ccc(OCc3cccc4ccccc34)c(Br)c2)C(=O)N=C1SCC(=O)NC(c1ccccc1)c1ccccc1. The van der Waals surface area contributed by atoms with Gasteiger partial charge in [-0.25, -0.2) is 0 Å². The summed E-state index contributed by atoms with van der Waals surface area (Å²) in [7, 11) is 0. The third-order valence-corrected chi connectivity index (χ3v) is 10.0. The zero-order valence-electron chi connectivity index (χ0n) is 28.9. The number of fused-ring (bicyclic) bond motifs is 1. The zero-order chi connectivity index (χ0) is 37.2. The molecule has 1 N–H and O–H groups in total. The number of thioether (sulfide) groups is 1. The van der Waals surface area contributed by atoms with Gasteiger partial charge in [-0.2, -0.15) is 4.99 Å². The van der Waals surface area contributed by atoms with Crippen molar-refractivity contribution in [3.05, 3.63) is 190 Å². The van der Waals surface area contributed by atoms with E-state index in [0.717, 1.165) is 39.2 Å². The Labute approximate surface area is 321 Å². The Morgan fingerprint density at radius 1 is 0.925 bits per heavy atom. The number of aliphatic imine (C=N–C) groups is 1. The van der Waals surface area contributed by atoms with Crippen molar-refractivity contribution in [3.63, 3.8) is 0 Å². The van der Waals surface area contributed by atoms with Gasteiger partial charge in [-0.3, -0.25) is 19.3 Å². The minimum absolute atomic E-state index is 0.0829. The summed E-state index contributed by atoms with van der Waals surface area (Å²) in [6, 6.07) is 38.6. The molecule has 0 spiro atoms. The van der Waals surface area contributed by atoms with E-state index >= 15 is 0 Å². The molecule has 1 aliphatic heterocycles. The Bertz CT molecular complexity index is 2240. The Kier molecular flexibility index (Phi) is 12.3. The van der Waals surface area contributed by atoms with Crippen molar-refractivity contribution in [1.82, 2.24) is 10.2 Å². The number of benzene rings is 5. The van der Waals surface area contributed by atoms with E-state index in [2.05, 4.69) is 51.0 Å². The number of ether oxygens (including phenoxy) is 1. The molecule has 0 atom stereocenters. The number of allylic oxidation sites excluding steroid dienone is 4. The average molecular weight is 783 g/mol. The third kappa shape index (κ3) is 9.00. The molecule has 0 aliphatic carbocycles. The summed E-state index contributed by atoms with van der Waals surface area (Å²) in [4.78, 5) is 46.7. The maximum atomic E-state index is 14.1. The van der Waals surface area contributed by atoms with Crippen LogP contribution in [0.4, 0.5) is 0 Å². The molecule has 0 saturated heterocycles. The molecule has 6 rings (SSSR count). The standard InChI is InChI=1S/C44H36BrN3O4S/c1-3-5-22-35(4-2)48-43(51)37(26-30-24-25-39(38(45)27-30)52-28-34-21-14-20-31-15-12-13-23-36(31)34)42(50)47-44(48)53-29-40(49)46-41(32-16-8-6-9-17-32)33-18-10-7-11-19-33/h3-27,41H,1,28-29H2,2H3,(H,46,49)/b22-5-,35-4+,37-26+. The summed E-state index contributed by atoms with van der Waals surface area (Å²) in [5, 5.41) is 5.47. The summed E-state index contributed by atoms with van der Waals surface area (Å²) in [5.41, 5.74) is 3.88. The van der Waals surface area contributed by atoms with Crippen LogP contribution >= 0.6 is 27.7 Å². The van der Waals surface area contributed by atoms with Crippen molar-refractivity contribution in [2.75, 3.05) is 5.75 Å². The maximum Gasteiger partial charge on any atom is 0.285 e. The van der Waals surface area contributed by atoms with Crippen LogP contribution in [0.2, 0.25) is 0 Å². The van der Waals surface area contributed by atoms with E-state index in [0.29, 0.717) is 28.1 Å². The quantitative estimate of drug-likeness (QED) is 0.0774. The lowest BCUT2D eigenvalue weighted by atomic mass is 9.99. The highest BCUT2D eigenvalue weighted by molar-refractivity contribution is 9.10. The Hall–Kier alpha value is -5.77. The second-order valence-electron chi connectivity index (χ2n) is 11.9. The van der Waals surface area contributed by atoms with Crippen molar-refractivity contribution in [3.8, 4) is 5.75 Å². The van der Waals surface area contributed by atoms with Gasteiger partial charge in [0.1, 0.15) is 17.9 Å². The van der Waals surface area contributed by atoms with Crippen molar-refractivity contribution < 1.29 is 19.1 Å². The van der Waals surface area contributed by atoms with Gasteiger partial charge in [0, 0.05) is 5.70 Å². The average Bonchev–Trinajstić information content (AvgIpc) is 3.19. The minimum atomic E-state index is -0.698. The lowest BCUT2D eigenvalue weighted by Crippen LogP contribution is -2.42. The molecular weight excluding hydrogens is 746 g/mol. The molecule has 0 fully saturated rings. The summed E-state index contributed by atoms with van der Waals surface area (Å²) in [5.74, 6) is -1.01.